The van der Waals surface area contributed by atoms with Gasteiger partial charge in [-0.2, -0.15) is 0 Å². The summed E-state index contributed by atoms with van der Waals surface area (Å²) in [6.07, 6.45) is 0. The third kappa shape index (κ3) is 3.82. The molecule has 0 aromatic heterocycles. The van der Waals surface area contributed by atoms with Gasteiger partial charge in [0.2, 0.25) is 0 Å². The molecule has 5 nitrogen and oxygen atoms in total. The molecule has 1 aliphatic heterocycles. The quantitative estimate of drug-likeness (QED) is 0.801. The lowest BCUT2D eigenvalue weighted by Gasteiger charge is -2.22. The van der Waals surface area contributed by atoms with Gasteiger partial charge in [-0.1, -0.05) is 42.1 Å². The Hall–Kier alpha value is -1.99. The van der Waals surface area contributed by atoms with Crippen LogP contribution in [0.25, 0.3) is 0 Å². The molecule has 2 aromatic rings. The lowest BCUT2D eigenvalue weighted by Crippen LogP contribution is -2.33. The molecule has 132 valence electrons. The zero-order valence-corrected chi connectivity index (χ0v) is 15.8. The second-order valence-electron chi connectivity index (χ2n) is 5.59. The number of amidine groups is 1. The summed E-state index contributed by atoms with van der Waals surface area (Å²) in [6, 6.07) is 16.4. The van der Waals surface area contributed by atoms with E-state index < -0.39 is 10.0 Å². The molecule has 1 atom stereocenters. The van der Waals surface area contributed by atoms with Crippen molar-refractivity contribution in [1.82, 2.24) is 4.31 Å². The Morgan fingerprint density at radius 3 is 2.44 bits per heavy atom. The average Bonchev–Trinajstić information content (AvgIpc) is 3.11. The topological polar surface area (TPSA) is 59.0 Å². The third-order valence-electron chi connectivity index (χ3n) is 3.96. The summed E-state index contributed by atoms with van der Waals surface area (Å²) in [5.74, 6) is 0.626. The van der Waals surface area contributed by atoms with Gasteiger partial charge in [-0.15, -0.1) is 0 Å². The lowest BCUT2D eigenvalue weighted by atomic mass is 10.2. The first kappa shape index (κ1) is 17.8. The Morgan fingerprint density at radius 2 is 1.80 bits per heavy atom. The van der Waals surface area contributed by atoms with Crippen molar-refractivity contribution in [2.24, 2.45) is 4.99 Å². The lowest BCUT2D eigenvalue weighted by molar-refractivity contribution is 0.414. The van der Waals surface area contributed by atoms with E-state index in [1.165, 1.54) is 16.1 Å². The zero-order chi connectivity index (χ0) is 17.9. The fourth-order valence-electron chi connectivity index (χ4n) is 2.56. The number of rotatable bonds is 5. The fourth-order valence-corrected chi connectivity index (χ4v) is 5.28. The molecular formula is C18H20N2O3S2. The molecule has 25 heavy (non-hydrogen) atoms. The van der Waals surface area contributed by atoms with E-state index in [1.807, 2.05) is 30.3 Å². The smallest absolute Gasteiger partial charge is 0.265 e. The van der Waals surface area contributed by atoms with Crippen molar-refractivity contribution in [3.05, 3.63) is 60.2 Å². The first-order valence-corrected chi connectivity index (χ1v) is 10.3. The second kappa shape index (κ2) is 7.49. The molecule has 0 fully saturated rings. The van der Waals surface area contributed by atoms with Crippen LogP contribution in [-0.4, -0.2) is 38.1 Å². The van der Waals surface area contributed by atoms with Crippen LogP contribution < -0.4 is 4.74 Å². The van der Waals surface area contributed by atoms with Gasteiger partial charge in [0.15, 0.2) is 5.17 Å². The minimum atomic E-state index is -3.61. The highest BCUT2D eigenvalue weighted by Crippen LogP contribution is 2.34. The molecule has 0 radical (unpaired) electrons. The molecule has 0 N–H and O–H groups in total. The van der Waals surface area contributed by atoms with Crippen molar-refractivity contribution in [2.75, 3.05) is 20.2 Å². The molecule has 1 heterocycles. The Bertz CT molecular complexity index is 850. The predicted octanol–water partition coefficient (Wildman–Crippen LogP) is 3.55. The SMILES string of the molecule is COc1ccc(S(=O)(=O)N2CCN=C2S[C@@H](C)c2ccccc2)cc1. The average molecular weight is 377 g/mol. The first-order valence-electron chi connectivity index (χ1n) is 7.95. The van der Waals surface area contributed by atoms with Crippen LogP contribution in [0.2, 0.25) is 0 Å². The highest BCUT2D eigenvalue weighted by atomic mass is 32.2. The summed E-state index contributed by atoms with van der Waals surface area (Å²) in [6.45, 7) is 2.91. The number of aliphatic imine (C=N–C) groups is 1. The Labute approximate surface area is 152 Å². The largest absolute Gasteiger partial charge is 0.497 e. The van der Waals surface area contributed by atoms with Gasteiger partial charge < -0.3 is 4.74 Å². The number of thioether (sulfide) groups is 1. The molecule has 3 rings (SSSR count). The molecule has 0 unspecified atom stereocenters. The third-order valence-corrected chi connectivity index (χ3v) is 7.07. The van der Waals surface area contributed by atoms with E-state index in [2.05, 4.69) is 11.9 Å². The molecule has 0 spiro atoms. The second-order valence-corrected chi connectivity index (χ2v) is 8.76. The van der Waals surface area contributed by atoms with Crippen molar-refractivity contribution in [3.8, 4) is 5.75 Å². The molecule has 0 saturated carbocycles. The molecule has 0 aliphatic carbocycles. The van der Waals surface area contributed by atoms with Crippen LogP contribution in [0, 0.1) is 0 Å². The summed E-state index contributed by atoms with van der Waals surface area (Å²) in [5, 5.41) is 0.666. The number of methoxy groups -OCH3 is 1. The van der Waals surface area contributed by atoms with Gasteiger partial charge in [-0.3, -0.25) is 4.99 Å². The van der Waals surface area contributed by atoms with E-state index in [0.29, 0.717) is 24.0 Å². The van der Waals surface area contributed by atoms with Gasteiger partial charge in [-0.05, 0) is 36.8 Å². The number of hydrogen-bond donors (Lipinski definition) is 0. The van der Waals surface area contributed by atoms with Crippen LogP contribution in [0.4, 0.5) is 0 Å². The first-order chi connectivity index (χ1) is 12.0. The van der Waals surface area contributed by atoms with Gasteiger partial charge >= 0.3 is 0 Å². The molecular weight excluding hydrogens is 356 g/mol. The van der Waals surface area contributed by atoms with Gasteiger partial charge in [0, 0.05) is 5.25 Å². The van der Waals surface area contributed by atoms with Crippen LogP contribution in [0.15, 0.2) is 64.5 Å². The van der Waals surface area contributed by atoms with Crippen LogP contribution in [-0.2, 0) is 10.0 Å². The van der Waals surface area contributed by atoms with Gasteiger partial charge in [0.25, 0.3) is 10.0 Å². The zero-order valence-electron chi connectivity index (χ0n) is 14.1. The van der Waals surface area contributed by atoms with Gasteiger partial charge in [0.1, 0.15) is 5.75 Å². The number of benzene rings is 2. The number of ether oxygens (including phenoxy) is 1. The summed E-state index contributed by atoms with van der Waals surface area (Å²) in [4.78, 5) is 4.66. The predicted molar refractivity (Wildman–Crippen MR) is 102 cm³/mol. The van der Waals surface area contributed by atoms with E-state index in [0.717, 1.165) is 5.56 Å². The molecule has 0 bridgehead atoms. The van der Waals surface area contributed by atoms with Crippen molar-refractivity contribution >= 4 is 27.0 Å². The van der Waals surface area contributed by atoms with Crippen molar-refractivity contribution in [2.45, 2.75) is 17.1 Å². The van der Waals surface area contributed by atoms with E-state index >= 15 is 0 Å². The fraction of sp³-hybridized carbons (Fsp3) is 0.278. The van der Waals surface area contributed by atoms with Crippen molar-refractivity contribution in [1.29, 1.82) is 0 Å². The summed E-state index contributed by atoms with van der Waals surface area (Å²) >= 11 is 1.47. The van der Waals surface area contributed by atoms with Crippen LogP contribution in [0.3, 0.4) is 0 Å². The van der Waals surface area contributed by atoms with Crippen molar-refractivity contribution in [3.63, 3.8) is 0 Å². The summed E-state index contributed by atoms with van der Waals surface area (Å²) in [7, 11) is -2.06. The van der Waals surface area contributed by atoms with Gasteiger partial charge in [0.05, 0.1) is 25.1 Å². The number of hydrogen-bond acceptors (Lipinski definition) is 5. The van der Waals surface area contributed by atoms with E-state index in [-0.39, 0.29) is 10.1 Å². The highest BCUT2D eigenvalue weighted by molar-refractivity contribution is 8.15. The Morgan fingerprint density at radius 1 is 1.12 bits per heavy atom. The molecule has 1 aliphatic rings. The van der Waals surface area contributed by atoms with Crippen LogP contribution in [0.5, 0.6) is 5.75 Å². The van der Waals surface area contributed by atoms with E-state index in [1.54, 1.807) is 31.4 Å². The van der Waals surface area contributed by atoms with Crippen LogP contribution >= 0.6 is 11.8 Å². The maximum Gasteiger partial charge on any atom is 0.265 e. The standard InChI is InChI=1S/C18H20N2O3S2/c1-14(15-6-4-3-5-7-15)24-18-19-12-13-20(18)25(21,22)17-10-8-16(23-2)9-11-17/h3-11,14H,12-13H2,1-2H3/t14-/m0/s1. The number of sulfonamides is 1. The van der Waals surface area contributed by atoms with Gasteiger partial charge in [-0.25, -0.2) is 12.7 Å². The molecule has 0 amide bonds. The Balaban J connectivity index is 1.80. The highest BCUT2D eigenvalue weighted by Gasteiger charge is 2.32. The van der Waals surface area contributed by atoms with Crippen molar-refractivity contribution < 1.29 is 13.2 Å². The molecule has 2 aromatic carbocycles. The minimum absolute atomic E-state index is 0.117. The summed E-state index contributed by atoms with van der Waals surface area (Å²) in [5.41, 5.74) is 1.14. The van der Waals surface area contributed by atoms with E-state index in [4.69, 9.17) is 4.74 Å². The monoisotopic (exact) mass is 376 g/mol. The number of nitrogens with zero attached hydrogens (tertiary/aromatic N) is 2. The summed E-state index contributed by atoms with van der Waals surface area (Å²) < 4.78 is 32.4. The normalized spacial score (nSPS) is 15.8. The molecule has 7 heteroatoms. The maximum atomic E-state index is 13.0. The Kier molecular flexibility index (Phi) is 5.34. The van der Waals surface area contributed by atoms with E-state index in [9.17, 15) is 8.42 Å². The molecule has 0 saturated heterocycles. The maximum absolute atomic E-state index is 13.0. The van der Waals surface area contributed by atoms with Crippen LogP contribution in [0.1, 0.15) is 17.7 Å². The minimum Gasteiger partial charge on any atom is -0.497 e.